The van der Waals surface area contributed by atoms with Crippen molar-refractivity contribution in [1.29, 1.82) is 5.26 Å². The van der Waals surface area contributed by atoms with E-state index in [2.05, 4.69) is 16.7 Å². The molecule has 0 aromatic carbocycles. The summed E-state index contributed by atoms with van der Waals surface area (Å²) in [5.41, 5.74) is 0. The Kier molecular flexibility index (Phi) is 4.74. The molecule has 1 aliphatic carbocycles. The summed E-state index contributed by atoms with van der Waals surface area (Å²) in [4.78, 5) is 25.4. The molecule has 0 radical (unpaired) electrons. The van der Waals surface area contributed by atoms with Gasteiger partial charge < -0.3 is 15.5 Å². The Balaban J connectivity index is 0.00000161. The zero-order valence-corrected chi connectivity index (χ0v) is 12.9. The number of fused-ring (bicyclic) bond motifs is 2. The van der Waals surface area contributed by atoms with E-state index >= 15 is 0 Å². The number of carbonyl (C=O) groups excluding carboxylic acids is 2. The first kappa shape index (κ1) is 16.1. The number of piperidine rings is 1. The van der Waals surface area contributed by atoms with Gasteiger partial charge in [-0.25, -0.2) is 0 Å². The van der Waals surface area contributed by atoms with Gasteiger partial charge in [0.2, 0.25) is 11.8 Å². The van der Waals surface area contributed by atoms with Gasteiger partial charge in [-0.05, 0) is 31.6 Å². The Hall–Kier alpha value is -1.32. The molecule has 3 rings (SSSR count). The molecule has 1 saturated carbocycles. The number of halogens is 1. The SMILES string of the molecule is CC(=O)N[C@@H]1C[C@H]2C[C@@H]1N[C@@H]2C(=O)N1CCC[C@H]1C#N.Cl. The summed E-state index contributed by atoms with van der Waals surface area (Å²) in [7, 11) is 0. The second kappa shape index (κ2) is 6.20. The van der Waals surface area contributed by atoms with E-state index in [0.29, 0.717) is 6.54 Å². The lowest BCUT2D eigenvalue weighted by molar-refractivity contribution is -0.134. The smallest absolute Gasteiger partial charge is 0.241 e. The highest BCUT2D eigenvalue weighted by molar-refractivity contribution is 5.85. The maximum Gasteiger partial charge on any atom is 0.241 e. The molecule has 3 aliphatic rings. The van der Waals surface area contributed by atoms with Gasteiger partial charge in [-0.3, -0.25) is 9.59 Å². The van der Waals surface area contributed by atoms with Gasteiger partial charge in [0.15, 0.2) is 0 Å². The number of nitriles is 1. The number of amides is 2. The van der Waals surface area contributed by atoms with E-state index in [9.17, 15) is 9.59 Å². The quantitative estimate of drug-likeness (QED) is 0.761. The van der Waals surface area contributed by atoms with Gasteiger partial charge in [-0.15, -0.1) is 12.4 Å². The minimum absolute atomic E-state index is 0. The van der Waals surface area contributed by atoms with Crippen molar-refractivity contribution in [1.82, 2.24) is 15.5 Å². The summed E-state index contributed by atoms with van der Waals surface area (Å²) in [5, 5.41) is 15.4. The normalized spacial score (nSPS) is 37.0. The third kappa shape index (κ3) is 2.85. The van der Waals surface area contributed by atoms with Crippen LogP contribution in [0.1, 0.15) is 32.6 Å². The Morgan fingerprint density at radius 2 is 2.14 bits per heavy atom. The number of carbonyl (C=O) groups is 2. The van der Waals surface area contributed by atoms with Crippen LogP contribution in [0.4, 0.5) is 0 Å². The van der Waals surface area contributed by atoms with E-state index in [1.165, 1.54) is 6.92 Å². The third-order valence-electron chi connectivity index (χ3n) is 4.80. The zero-order valence-electron chi connectivity index (χ0n) is 12.0. The highest BCUT2D eigenvalue weighted by Crippen LogP contribution is 2.37. The Morgan fingerprint density at radius 1 is 1.38 bits per heavy atom. The summed E-state index contributed by atoms with van der Waals surface area (Å²) in [6, 6.07) is 2.14. The molecule has 3 fully saturated rings. The van der Waals surface area contributed by atoms with Gasteiger partial charge in [0.1, 0.15) is 6.04 Å². The van der Waals surface area contributed by atoms with E-state index in [1.54, 1.807) is 4.90 Å². The van der Waals surface area contributed by atoms with Crippen molar-refractivity contribution in [2.24, 2.45) is 5.92 Å². The number of nitrogens with one attached hydrogen (secondary N) is 2. The molecule has 21 heavy (non-hydrogen) atoms. The molecule has 0 spiro atoms. The average Bonchev–Trinajstić information content (AvgIpc) is 3.11. The summed E-state index contributed by atoms with van der Waals surface area (Å²) in [5.74, 6) is 0.337. The van der Waals surface area contributed by atoms with Crippen LogP contribution in [0, 0.1) is 17.2 Å². The van der Waals surface area contributed by atoms with Crippen molar-refractivity contribution in [2.75, 3.05) is 6.54 Å². The number of rotatable bonds is 2. The number of hydrogen-bond acceptors (Lipinski definition) is 4. The predicted octanol–water partition coefficient (Wildman–Crippen LogP) is 0.178. The molecule has 2 bridgehead atoms. The molecule has 7 heteroatoms. The second-order valence-corrected chi connectivity index (χ2v) is 6.11. The third-order valence-corrected chi connectivity index (χ3v) is 4.80. The second-order valence-electron chi connectivity index (χ2n) is 6.11. The van der Waals surface area contributed by atoms with E-state index in [4.69, 9.17) is 5.26 Å². The molecule has 2 N–H and O–H groups in total. The molecule has 2 amide bonds. The molecule has 5 atom stereocenters. The van der Waals surface area contributed by atoms with Crippen LogP contribution in [0.25, 0.3) is 0 Å². The first-order valence-corrected chi connectivity index (χ1v) is 7.33. The summed E-state index contributed by atoms with van der Waals surface area (Å²) < 4.78 is 0. The van der Waals surface area contributed by atoms with E-state index in [0.717, 1.165) is 25.7 Å². The molecule has 0 aromatic heterocycles. The van der Waals surface area contributed by atoms with Crippen molar-refractivity contribution in [3.63, 3.8) is 0 Å². The van der Waals surface area contributed by atoms with Crippen LogP contribution in [0.2, 0.25) is 0 Å². The number of hydrogen-bond donors (Lipinski definition) is 2. The van der Waals surface area contributed by atoms with Gasteiger partial charge in [-0.1, -0.05) is 0 Å². The van der Waals surface area contributed by atoms with Crippen molar-refractivity contribution in [3.8, 4) is 6.07 Å². The van der Waals surface area contributed by atoms with Crippen molar-refractivity contribution in [3.05, 3.63) is 0 Å². The highest BCUT2D eigenvalue weighted by Gasteiger charge is 2.50. The van der Waals surface area contributed by atoms with Crippen LogP contribution in [-0.4, -0.2) is 47.4 Å². The first-order chi connectivity index (χ1) is 9.60. The Labute approximate surface area is 130 Å². The predicted molar refractivity (Wildman–Crippen MR) is 78.6 cm³/mol. The van der Waals surface area contributed by atoms with Crippen molar-refractivity contribution < 1.29 is 9.59 Å². The fourth-order valence-electron chi connectivity index (χ4n) is 3.94. The molecule has 116 valence electrons. The van der Waals surface area contributed by atoms with Gasteiger partial charge in [0, 0.05) is 25.6 Å². The maximum atomic E-state index is 12.6. The first-order valence-electron chi connectivity index (χ1n) is 7.33. The minimum Gasteiger partial charge on any atom is -0.352 e. The lowest BCUT2D eigenvalue weighted by Crippen LogP contribution is -2.56. The van der Waals surface area contributed by atoms with Gasteiger partial charge in [0.05, 0.1) is 12.1 Å². The van der Waals surface area contributed by atoms with Crippen LogP contribution in [0.3, 0.4) is 0 Å². The summed E-state index contributed by atoms with van der Waals surface area (Å²) in [6.07, 6.45) is 3.50. The fourth-order valence-corrected chi connectivity index (χ4v) is 3.94. The van der Waals surface area contributed by atoms with E-state index in [-0.39, 0.29) is 54.3 Å². The number of likely N-dealkylation sites (tertiary alicyclic amines) is 1. The molecule has 0 unspecified atom stereocenters. The van der Waals surface area contributed by atoms with E-state index in [1.807, 2.05) is 0 Å². The van der Waals surface area contributed by atoms with Crippen LogP contribution < -0.4 is 10.6 Å². The lowest BCUT2D eigenvalue weighted by atomic mass is 9.96. The van der Waals surface area contributed by atoms with Gasteiger partial charge in [0.25, 0.3) is 0 Å². The zero-order chi connectivity index (χ0) is 14.3. The monoisotopic (exact) mass is 312 g/mol. The maximum absolute atomic E-state index is 12.6. The number of nitrogens with zero attached hydrogens (tertiary/aromatic N) is 2. The fraction of sp³-hybridized carbons (Fsp3) is 0.786. The molecule has 2 saturated heterocycles. The molecular weight excluding hydrogens is 292 g/mol. The largest absolute Gasteiger partial charge is 0.352 e. The van der Waals surface area contributed by atoms with Crippen molar-refractivity contribution >= 4 is 24.2 Å². The molecule has 0 aromatic rings. The van der Waals surface area contributed by atoms with E-state index < -0.39 is 0 Å². The Bertz CT molecular complexity index is 478. The molecular formula is C14H21ClN4O2. The van der Waals surface area contributed by atoms with Crippen molar-refractivity contribution in [2.45, 2.75) is 56.8 Å². The van der Waals surface area contributed by atoms with Gasteiger partial charge in [-0.2, -0.15) is 5.26 Å². The van der Waals surface area contributed by atoms with Crippen LogP contribution in [0.15, 0.2) is 0 Å². The molecule has 2 heterocycles. The van der Waals surface area contributed by atoms with Crippen LogP contribution in [-0.2, 0) is 9.59 Å². The van der Waals surface area contributed by atoms with Gasteiger partial charge >= 0.3 is 0 Å². The molecule has 6 nitrogen and oxygen atoms in total. The highest BCUT2D eigenvalue weighted by atomic mass is 35.5. The van der Waals surface area contributed by atoms with Crippen LogP contribution >= 0.6 is 12.4 Å². The standard InChI is InChI=1S/C14H20N4O2.ClH/c1-8(19)16-11-5-9-6-12(11)17-13(9)14(20)18-4-2-3-10(18)7-15;/h9-13,17H,2-6H2,1H3,(H,16,19);1H/t9-,10-,11+,12-,13-;/m0./s1. The lowest BCUT2D eigenvalue weighted by Gasteiger charge is -2.32. The average molecular weight is 313 g/mol. The topological polar surface area (TPSA) is 85.2 Å². The minimum atomic E-state index is -0.255. The summed E-state index contributed by atoms with van der Waals surface area (Å²) in [6.45, 7) is 2.22. The Morgan fingerprint density at radius 3 is 2.71 bits per heavy atom. The summed E-state index contributed by atoms with van der Waals surface area (Å²) >= 11 is 0. The molecule has 2 aliphatic heterocycles. The van der Waals surface area contributed by atoms with Crippen LogP contribution in [0.5, 0.6) is 0 Å².